The van der Waals surface area contributed by atoms with Crippen molar-refractivity contribution in [2.24, 2.45) is 0 Å². The van der Waals surface area contributed by atoms with Gasteiger partial charge in [-0.25, -0.2) is 0 Å². The largest absolute Gasteiger partial charge is 0.159 e. The Kier molecular flexibility index (Phi) is 2.93. The van der Waals surface area contributed by atoms with Crippen LogP contribution in [0.5, 0.6) is 0 Å². The van der Waals surface area contributed by atoms with Crippen molar-refractivity contribution in [3.05, 3.63) is 45.5 Å². The van der Waals surface area contributed by atoms with Gasteiger partial charge in [0.25, 0.3) is 0 Å². The van der Waals surface area contributed by atoms with Crippen molar-refractivity contribution in [1.82, 2.24) is 10.2 Å². The van der Waals surface area contributed by atoms with Crippen molar-refractivity contribution in [1.29, 1.82) is 0 Å². The Morgan fingerprint density at radius 1 is 1.07 bits per heavy atom. The fourth-order valence-electron chi connectivity index (χ4n) is 1.14. The van der Waals surface area contributed by atoms with E-state index in [9.17, 15) is 0 Å². The highest BCUT2D eigenvalue weighted by Crippen LogP contribution is 2.28. The molecule has 2 rings (SSSR count). The molecule has 1 heterocycles. The van der Waals surface area contributed by atoms with Crippen LogP contribution >= 0.6 is 31.9 Å². The van der Waals surface area contributed by atoms with Crippen molar-refractivity contribution >= 4 is 31.9 Å². The molecule has 2 aromatic rings. The van der Waals surface area contributed by atoms with E-state index < -0.39 is 0 Å². The maximum absolute atomic E-state index is 4.04. The molecule has 0 aliphatic heterocycles. The van der Waals surface area contributed by atoms with Gasteiger partial charge in [0.2, 0.25) is 0 Å². The molecular formula is C10H6Br2N2. The Balaban J connectivity index is 2.53. The second-order valence-electron chi connectivity index (χ2n) is 2.73. The van der Waals surface area contributed by atoms with Gasteiger partial charge < -0.3 is 0 Å². The summed E-state index contributed by atoms with van der Waals surface area (Å²) in [6.45, 7) is 0. The first-order chi connectivity index (χ1) is 6.77. The molecular weight excluding hydrogens is 308 g/mol. The van der Waals surface area contributed by atoms with Crippen LogP contribution in [0.1, 0.15) is 0 Å². The average molecular weight is 314 g/mol. The number of hydrogen-bond donors (Lipinski definition) is 0. The van der Waals surface area contributed by atoms with Gasteiger partial charge in [0, 0.05) is 20.7 Å². The lowest BCUT2D eigenvalue weighted by molar-refractivity contribution is 1.04. The van der Waals surface area contributed by atoms with Crippen LogP contribution in [0.2, 0.25) is 0 Å². The van der Waals surface area contributed by atoms with Crippen molar-refractivity contribution in [3.8, 4) is 11.3 Å². The first kappa shape index (κ1) is 9.80. The maximum atomic E-state index is 4.04. The van der Waals surface area contributed by atoms with Crippen molar-refractivity contribution in [2.45, 2.75) is 0 Å². The van der Waals surface area contributed by atoms with E-state index in [4.69, 9.17) is 0 Å². The molecule has 0 spiro atoms. The van der Waals surface area contributed by atoms with Crippen LogP contribution in [0.25, 0.3) is 11.3 Å². The third-order valence-electron chi connectivity index (χ3n) is 1.78. The third kappa shape index (κ3) is 2.01. The summed E-state index contributed by atoms with van der Waals surface area (Å²) in [5, 5.41) is 7.89. The van der Waals surface area contributed by atoms with Crippen molar-refractivity contribution < 1.29 is 0 Å². The van der Waals surface area contributed by atoms with Crippen LogP contribution in [0.15, 0.2) is 45.5 Å². The van der Waals surface area contributed by atoms with Crippen molar-refractivity contribution in [3.63, 3.8) is 0 Å². The third-order valence-corrected chi connectivity index (χ3v) is 2.93. The number of rotatable bonds is 1. The van der Waals surface area contributed by atoms with E-state index in [1.165, 1.54) is 0 Å². The molecule has 14 heavy (non-hydrogen) atoms. The Morgan fingerprint density at radius 2 is 1.93 bits per heavy atom. The normalized spacial score (nSPS) is 10.1. The number of aromatic nitrogens is 2. The molecule has 0 saturated carbocycles. The zero-order chi connectivity index (χ0) is 9.97. The van der Waals surface area contributed by atoms with Crippen LogP contribution in [0, 0.1) is 0 Å². The van der Waals surface area contributed by atoms with Crippen LogP contribution in [0.4, 0.5) is 0 Å². The second kappa shape index (κ2) is 4.19. The molecule has 0 N–H and O–H groups in total. The lowest BCUT2D eigenvalue weighted by Crippen LogP contribution is -1.86. The Morgan fingerprint density at radius 3 is 2.57 bits per heavy atom. The summed E-state index contributed by atoms with van der Waals surface area (Å²) >= 11 is 6.89. The van der Waals surface area contributed by atoms with Gasteiger partial charge in [0.1, 0.15) is 0 Å². The molecule has 0 aliphatic carbocycles. The van der Waals surface area contributed by atoms with E-state index >= 15 is 0 Å². The van der Waals surface area contributed by atoms with Crippen LogP contribution in [-0.2, 0) is 0 Å². The molecule has 0 atom stereocenters. The molecule has 0 radical (unpaired) electrons. The quantitative estimate of drug-likeness (QED) is 0.803. The highest BCUT2D eigenvalue weighted by atomic mass is 79.9. The summed E-state index contributed by atoms with van der Waals surface area (Å²) in [6, 6.07) is 9.77. The minimum absolute atomic E-state index is 0.867. The van der Waals surface area contributed by atoms with E-state index in [-0.39, 0.29) is 0 Å². The van der Waals surface area contributed by atoms with E-state index in [0.29, 0.717) is 0 Å². The minimum atomic E-state index is 0.867. The minimum Gasteiger partial charge on any atom is -0.159 e. The van der Waals surface area contributed by atoms with E-state index in [1.54, 1.807) is 6.20 Å². The summed E-state index contributed by atoms with van der Waals surface area (Å²) < 4.78 is 2.05. The molecule has 0 saturated heterocycles. The molecule has 1 aromatic heterocycles. The molecule has 0 amide bonds. The zero-order valence-electron chi connectivity index (χ0n) is 7.11. The number of nitrogens with zero attached hydrogens (tertiary/aromatic N) is 2. The van der Waals surface area contributed by atoms with Gasteiger partial charge in [0.15, 0.2) is 0 Å². The monoisotopic (exact) mass is 312 g/mol. The molecule has 0 fully saturated rings. The fraction of sp³-hybridized carbons (Fsp3) is 0. The van der Waals surface area contributed by atoms with Gasteiger partial charge >= 0.3 is 0 Å². The second-order valence-corrected chi connectivity index (χ2v) is 4.50. The summed E-state index contributed by atoms with van der Waals surface area (Å²) in [5.41, 5.74) is 1.91. The van der Waals surface area contributed by atoms with Gasteiger partial charge in [-0.3, -0.25) is 0 Å². The molecule has 0 aliphatic rings. The highest BCUT2D eigenvalue weighted by molar-refractivity contribution is 9.11. The van der Waals surface area contributed by atoms with Gasteiger partial charge in [-0.1, -0.05) is 37.9 Å². The van der Waals surface area contributed by atoms with Crippen LogP contribution in [-0.4, -0.2) is 10.2 Å². The summed E-state index contributed by atoms with van der Waals surface area (Å²) in [6.07, 6.45) is 1.66. The van der Waals surface area contributed by atoms with Gasteiger partial charge in [-0.2, -0.15) is 10.2 Å². The molecule has 4 heteroatoms. The van der Waals surface area contributed by atoms with Crippen LogP contribution < -0.4 is 0 Å². The molecule has 0 bridgehead atoms. The Bertz CT molecular complexity index is 443. The van der Waals surface area contributed by atoms with E-state index in [2.05, 4.69) is 42.1 Å². The van der Waals surface area contributed by atoms with Gasteiger partial charge in [-0.15, -0.1) is 0 Å². The average Bonchev–Trinajstić information content (AvgIpc) is 2.19. The number of halogens is 2. The molecule has 70 valence electrons. The van der Waals surface area contributed by atoms with Crippen LogP contribution in [0.3, 0.4) is 0 Å². The smallest absolute Gasteiger partial charge is 0.0940 e. The molecule has 0 unspecified atom stereocenters. The summed E-state index contributed by atoms with van der Waals surface area (Å²) in [5.74, 6) is 0. The first-order valence-electron chi connectivity index (χ1n) is 4.00. The highest BCUT2D eigenvalue weighted by Gasteiger charge is 2.04. The Labute approximate surface area is 98.6 Å². The lowest BCUT2D eigenvalue weighted by atomic mass is 10.1. The number of benzene rings is 1. The zero-order valence-corrected chi connectivity index (χ0v) is 10.3. The summed E-state index contributed by atoms with van der Waals surface area (Å²) in [7, 11) is 0. The lowest BCUT2D eigenvalue weighted by Gasteiger charge is -2.02. The van der Waals surface area contributed by atoms with E-state index in [1.807, 2.05) is 30.3 Å². The maximum Gasteiger partial charge on any atom is 0.0940 e. The summed E-state index contributed by atoms with van der Waals surface area (Å²) in [4.78, 5) is 0. The van der Waals surface area contributed by atoms with Gasteiger partial charge in [-0.05, 0) is 24.3 Å². The Hall–Kier alpha value is -0.740. The standard InChI is InChI=1S/C10H6Br2N2/c11-7-3-4-8(9(12)6-7)10-2-1-5-13-14-10/h1-6H. The first-order valence-corrected chi connectivity index (χ1v) is 5.59. The van der Waals surface area contributed by atoms with E-state index in [0.717, 1.165) is 20.2 Å². The predicted octanol–water partition coefficient (Wildman–Crippen LogP) is 3.67. The molecule has 2 nitrogen and oxygen atoms in total. The van der Waals surface area contributed by atoms with Gasteiger partial charge in [0.05, 0.1) is 5.69 Å². The predicted molar refractivity (Wildman–Crippen MR) is 62.9 cm³/mol. The SMILES string of the molecule is Brc1ccc(-c2cccnn2)c(Br)c1. The number of hydrogen-bond acceptors (Lipinski definition) is 2. The van der Waals surface area contributed by atoms with Crippen molar-refractivity contribution in [2.75, 3.05) is 0 Å². The fourth-order valence-corrected chi connectivity index (χ4v) is 2.39. The topological polar surface area (TPSA) is 25.8 Å². The molecule has 1 aromatic carbocycles.